The molecule has 0 aliphatic rings. The monoisotopic (exact) mass is 264 g/mol. The molecule has 0 bridgehead atoms. The summed E-state index contributed by atoms with van der Waals surface area (Å²) < 4.78 is 0. The second kappa shape index (κ2) is 7.53. The molecule has 0 aliphatic carbocycles. The van der Waals surface area contributed by atoms with Gasteiger partial charge in [-0.1, -0.05) is 25.1 Å². The van der Waals surface area contributed by atoms with Gasteiger partial charge < -0.3 is 10.0 Å². The van der Waals surface area contributed by atoms with Crippen LogP contribution >= 0.6 is 0 Å². The van der Waals surface area contributed by atoms with E-state index in [2.05, 4.69) is 0 Å². The molecule has 0 spiro atoms. The van der Waals surface area contributed by atoms with Gasteiger partial charge in [0, 0.05) is 12.2 Å². The maximum Gasteiger partial charge on any atom is 0.317 e. The molecule has 1 aromatic rings. The number of rotatable bonds is 7. The summed E-state index contributed by atoms with van der Waals surface area (Å²) in [5.41, 5.74) is 0.835. The molecule has 0 fully saturated rings. The van der Waals surface area contributed by atoms with E-state index in [1.807, 2.05) is 44.2 Å². The standard InChI is InChI=1S/C14H20N2O3/c1-3-15(11-14(18)19)10-13(17)16(4-2)12-8-6-5-7-9-12/h5-9H,3-4,10-11H2,1-2H3,(H,18,19). The Bertz CT molecular complexity index is 420. The lowest BCUT2D eigenvalue weighted by Crippen LogP contribution is -2.42. The zero-order chi connectivity index (χ0) is 14.3. The molecule has 1 N–H and O–H groups in total. The number of hydrogen-bond acceptors (Lipinski definition) is 3. The molecule has 5 nitrogen and oxygen atoms in total. The van der Waals surface area contributed by atoms with Crippen molar-refractivity contribution in [3.8, 4) is 0 Å². The first-order valence-corrected chi connectivity index (χ1v) is 6.38. The number of nitrogens with zero attached hydrogens (tertiary/aromatic N) is 2. The van der Waals surface area contributed by atoms with Crippen molar-refractivity contribution in [1.29, 1.82) is 0 Å². The number of carbonyl (C=O) groups excluding carboxylic acids is 1. The van der Waals surface area contributed by atoms with E-state index in [9.17, 15) is 9.59 Å². The lowest BCUT2D eigenvalue weighted by Gasteiger charge is -2.25. The van der Waals surface area contributed by atoms with Crippen molar-refractivity contribution in [3.63, 3.8) is 0 Å². The van der Waals surface area contributed by atoms with Crippen LogP contribution in [0.3, 0.4) is 0 Å². The Balaban J connectivity index is 2.71. The number of amides is 1. The summed E-state index contributed by atoms with van der Waals surface area (Å²) in [5, 5.41) is 8.77. The summed E-state index contributed by atoms with van der Waals surface area (Å²) in [4.78, 5) is 26.2. The normalized spacial score (nSPS) is 10.5. The van der Waals surface area contributed by atoms with Crippen LogP contribution in [0.2, 0.25) is 0 Å². The molecular formula is C14H20N2O3. The van der Waals surface area contributed by atoms with E-state index in [4.69, 9.17) is 5.11 Å². The molecule has 0 saturated carbocycles. The van der Waals surface area contributed by atoms with Crippen molar-refractivity contribution in [3.05, 3.63) is 30.3 Å². The second-order valence-electron chi connectivity index (χ2n) is 4.17. The molecule has 0 atom stereocenters. The molecule has 0 heterocycles. The average Bonchev–Trinajstić information content (AvgIpc) is 2.39. The van der Waals surface area contributed by atoms with Crippen molar-refractivity contribution in [2.45, 2.75) is 13.8 Å². The third-order valence-corrected chi connectivity index (χ3v) is 2.85. The van der Waals surface area contributed by atoms with Gasteiger partial charge in [-0.3, -0.25) is 14.5 Å². The van der Waals surface area contributed by atoms with Crippen molar-refractivity contribution in [1.82, 2.24) is 4.90 Å². The summed E-state index contributed by atoms with van der Waals surface area (Å²) in [5.74, 6) is -1.01. The number of likely N-dealkylation sites (N-methyl/N-ethyl adjacent to an activating group) is 2. The highest BCUT2D eigenvalue weighted by molar-refractivity contribution is 5.94. The predicted molar refractivity (Wildman–Crippen MR) is 74.2 cm³/mol. The largest absolute Gasteiger partial charge is 0.480 e. The fourth-order valence-corrected chi connectivity index (χ4v) is 1.86. The SMILES string of the molecule is CCN(CC(=O)O)CC(=O)N(CC)c1ccccc1. The van der Waals surface area contributed by atoms with Crippen LogP contribution in [-0.4, -0.2) is 48.1 Å². The van der Waals surface area contributed by atoms with Crippen LogP contribution in [0, 0.1) is 0 Å². The van der Waals surface area contributed by atoms with E-state index in [1.165, 1.54) is 0 Å². The van der Waals surface area contributed by atoms with Gasteiger partial charge in [0.05, 0.1) is 13.1 Å². The van der Waals surface area contributed by atoms with Crippen LogP contribution in [0.15, 0.2) is 30.3 Å². The van der Waals surface area contributed by atoms with Crippen LogP contribution in [-0.2, 0) is 9.59 Å². The molecule has 0 aliphatic heterocycles. The number of carbonyl (C=O) groups is 2. The average molecular weight is 264 g/mol. The summed E-state index contributed by atoms with van der Waals surface area (Å²) in [6.07, 6.45) is 0. The van der Waals surface area contributed by atoms with Crippen LogP contribution in [0.4, 0.5) is 5.69 Å². The number of hydrogen-bond donors (Lipinski definition) is 1. The third-order valence-electron chi connectivity index (χ3n) is 2.85. The Morgan fingerprint density at radius 3 is 2.16 bits per heavy atom. The molecule has 0 radical (unpaired) electrons. The fraction of sp³-hybridized carbons (Fsp3) is 0.429. The Morgan fingerprint density at radius 1 is 1.05 bits per heavy atom. The van der Waals surface area contributed by atoms with Gasteiger partial charge in [0.25, 0.3) is 0 Å². The highest BCUT2D eigenvalue weighted by atomic mass is 16.4. The zero-order valence-electron chi connectivity index (χ0n) is 11.4. The Kier molecular flexibility index (Phi) is 6.02. The van der Waals surface area contributed by atoms with Gasteiger partial charge in [0.15, 0.2) is 0 Å². The van der Waals surface area contributed by atoms with E-state index in [0.29, 0.717) is 13.1 Å². The molecule has 5 heteroatoms. The van der Waals surface area contributed by atoms with Gasteiger partial charge in [0.2, 0.25) is 5.91 Å². The topological polar surface area (TPSA) is 60.9 Å². The van der Waals surface area contributed by atoms with E-state index in [0.717, 1.165) is 5.69 Å². The molecule has 0 aromatic heterocycles. The number of benzene rings is 1. The first-order valence-electron chi connectivity index (χ1n) is 6.38. The molecule has 1 aromatic carbocycles. The fourth-order valence-electron chi connectivity index (χ4n) is 1.86. The molecule has 19 heavy (non-hydrogen) atoms. The molecule has 104 valence electrons. The molecular weight excluding hydrogens is 244 g/mol. The number of anilines is 1. The second-order valence-corrected chi connectivity index (χ2v) is 4.17. The van der Waals surface area contributed by atoms with Gasteiger partial charge in [-0.15, -0.1) is 0 Å². The molecule has 0 unspecified atom stereocenters. The van der Waals surface area contributed by atoms with Gasteiger partial charge in [-0.25, -0.2) is 0 Å². The lowest BCUT2D eigenvalue weighted by molar-refractivity contribution is -0.138. The maximum atomic E-state index is 12.2. The van der Waals surface area contributed by atoms with E-state index in [-0.39, 0.29) is 19.0 Å². The van der Waals surface area contributed by atoms with Gasteiger partial charge in [0.1, 0.15) is 0 Å². The Labute approximate surface area is 113 Å². The molecule has 0 saturated heterocycles. The summed E-state index contributed by atoms with van der Waals surface area (Å²) in [6, 6.07) is 9.38. The quantitative estimate of drug-likeness (QED) is 0.809. The number of carboxylic acids is 1. The maximum absolute atomic E-state index is 12.2. The van der Waals surface area contributed by atoms with Gasteiger partial charge in [-0.05, 0) is 25.6 Å². The van der Waals surface area contributed by atoms with Crippen molar-refractivity contribution < 1.29 is 14.7 Å². The van der Waals surface area contributed by atoms with E-state index < -0.39 is 5.97 Å². The van der Waals surface area contributed by atoms with Crippen LogP contribution in [0.5, 0.6) is 0 Å². The predicted octanol–water partition coefficient (Wildman–Crippen LogP) is 1.45. The zero-order valence-corrected chi connectivity index (χ0v) is 11.4. The summed E-state index contributed by atoms with van der Waals surface area (Å²) >= 11 is 0. The van der Waals surface area contributed by atoms with Crippen molar-refractivity contribution in [2.75, 3.05) is 31.1 Å². The smallest absolute Gasteiger partial charge is 0.317 e. The van der Waals surface area contributed by atoms with Crippen molar-refractivity contribution in [2.24, 2.45) is 0 Å². The summed E-state index contributed by atoms with van der Waals surface area (Å²) in [6.45, 7) is 4.84. The van der Waals surface area contributed by atoms with Gasteiger partial charge in [-0.2, -0.15) is 0 Å². The molecule has 1 rings (SSSR count). The number of para-hydroxylation sites is 1. The first-order chi connectivity index (χ1) is 9.08. The highest BCUT2D eigenvalue weighted by Crippen LogP contribution is 2.13. The minimum Gasteiger partial charge on any atom is -0.480 e. The van der Waals surface area contributed by atoms with Crippen LogP contribution < -0.4 is 4.90 Å². The Morgan fingerprint density at radius 2 is 1.68 bits per heavy atom. The first kappa shape index (κ1) is 15.2. The van der Waals surface area contributed by atoms with Crippen molar-refractivity contribution >= 4 is 17.6 Å². The third kappa shape index (κ3) is 4.71. The number of aliphatic carboxylic acids is 1. The lowest BCUT2D eigenvalue weighted by atomic mass is 10.2. The highest BCUT2D eigenvalue weighted by Gasteiger charge is 2.18. The minimum atomic E-state index is -0.919. The van der Waals surface area contributed by atoms with E-state index in [1.54, 1.807) is 9.80 Å². The summed E-state index contributed by atoms with van der Waals surface area (Å²) in [7, 11) is 0. The Hall–Kier alpha value is -1.88. The van der Waals surface area contributed by atoms with Crippen LogP contribution in [0.25, 0.3) is 0 Å². The van der Waals surface area contributed by atoms with Gasteiger partial charge >= 0.3 is 5.97 Å². The number of carboxylic acid groups (broad SMARTS) is 1. The minimum absolute atomic E-state index is 0.0863. The molecule has 1 amide bonds. The van der Waals surface area contributed by atoms with Crippen LogP contribution in [0.1, 0.15) is 13.8 Å². The van der Waals surface area contributed by atoms with E-state index >= 15 is 0 Å².